The zero-order chi connectivity index (χ0) is 18.3. The van der Waals surface area contributed by atoms with E-state index in [2.05, 4.69) is 17.0 Å². The van der Waals surface area contributed by atoms with Gasteiger partial charge in [0.1, 0.15) is 0 Å². The summed E-state index contributed by atoms with van der Waals surface area (Å²) >= 11 is 0. The van der Waals surface area contributed by atoms with Gasteiger partial charge in [0.05, 0.1) is 22.6 Å². The molecule has 136 valence electrons. The molecule has 1 fully saturated rings. The Morgan fingerprint density at radius 3 is 2.42 bits per heavy atom. The van der Waals surface area contributed by atoms with Crippen LogP contribution in [0.5, 0.6) is 0 Å². The Labute approximate surface area is 153 Å². The highest BCUT2D eigenvalue weighted by Gasteiger charge is 2.26. The monoisotopic (exact) mass is 352 g/mol. The molecule has 4 rings (SSSR count). The van der Waals surface area contributed by atoms with E-state index in [0.29, 0.717) is 12.0 Å². The number of aromatic nitrogens is 2. The molecule has 6 nitrogen and oxygen atoms in total. The number of benzene rings is 1. The first-order valence-corrected chi connectivity index (χ1v) is 9.24. The van der Waals surface area contributed by atoms with Crippen LogP contribution in [0.25, 0.3) is 5.69 Å². The Bertz CT molecular complexity index is 845. The summed E-state index contributed by atoms with van der Waals surface area (Å²) < 4.78 is 1.87. The summed E-state index contributed by atoms with van der Waals surface area (Å²) in [5.74, 6) is 0.273. The highest BCUT2D eigenvalue weighted by molar-refractivity contribution is 5.99. The van der Waals surface area contributed by atoms with Crippen molar-refractivity contribution in [3.8, 4) is 5.69 Å². The van der Waals surface area contributed by atoms with Crippen LogP contribution in [0.4, 0.5) is 0 Å². The van der Waals surface area contributed by atoms with E-state index in [1.165, 1.54) is 0 Å². The average molecular weight is 352 g/mol. The van der Waals surface area contributed by atoms with E-state index < -0.39 is 0 Å². The van der Waals surface area contributed by atoms with Crippen LogP contribution in [-0.2, 0) is 6.42 Å². The van der Waals surface area contributed by atoms with Crippen molar-refractivity contribution in [1.29, 1.82) is 0 Å². The number of hydrogen-bond acceptors (Lipinski definition) is 4. The minimum Gasteiger partial charge on any atom is -0.336 e. The molecule has 6 heteroatoms. The smallest absolute Gasteiger partial charge is 0.253 e. The molecule has 0 saturated carbocycles. The summed E-state index contributed by atoms with van der Waals surface area (Å²) in [4.78, 5) is 29.0. The number of amides is 1. The van der Waals surface area contributed by atoms with Crippen LogP contribution < -0.4 is 0 Å². The van der Waals surface area contributed by atoms with E-state index in [9.17, 15) is 9.59 Å². The molecule has 0 radical (unpaired) electrons. The van der Waals surface area contributed by atoms with Gasteiger partial charge in [-0.1, -0.05) is 0 Å². The number of carbonyl (C=O) groups excluding carboxylic acids is 2. The fourth-order valence-electron chi connectivity index (χ4n) is 3.86. The summed E-state index contributed by atoms with van der Waals surface area (Å²) in [7, 11) is 2.08. The first-order valence-electron chi connectivity index (χ1n) is 9.24. The lowest BCUT2D eigenvalue weighted by Gasteiger charge is -2.32. The minimum absolute atomic E-state index is 0.0819. The Morgan fingerprint density at radius 1 is 1.04 bits per heavy atom. The van der Waals surface area contributed by atoms with Crippen LogP contribution in [0.1, 0.15) is 44.9 Å². The molecule has 26 heavy (non-hydrogen) atoms. The van der Waals surface area contributed by atoms with E-state index in [4.69, 9.17) is 0 Å². The molecule has 1 aromatic heterocycles. The summed E-state index contributed by atoms with van der Waals surface area (Å²) in [5, 5.41) is 4.58. The number of likely N-dealkylation sites (N-methyl/N-ethyl adjacent to an activating group) is 1. The second-order valence-electron chi connectivity index (χ2n) is 7.24. The van der Waals surface area contributed by atoms with Crippen molar-refractivity contribution >= 4 is 11.7 Å². The minimum atomic E-state index is 0.0819. The van der Waals surface area contributed by atoms with Crippen LogP contribution in [0, 0.1) is 6.92 Å². The van der Waals surface area contributed by atoms with Crippen LogP contribution in [0.15, 0.2) is 24.3 Å². The van der Waals surface area contributed by atoms with Gasteiger partial charge in [-0.2, -0.15) is 5.10 Å². The van der Waals surface area contributed by atoms with Gasteiger partial charge in [0.25, 0.3) is 5.91 Å². The van der Waals surface area contributed by atoms with Crippen LogP contribution in [0.2, 0.25) is 0 Å². The van der Waals surface area contributed by atoms with Gasteiger partial charge in [-0.3, -0.25) is 9.59 Å². The number of ketones is 1. The molecule has 0 bridgehead atoms. The second kappa shape index (κ2) is 6.68. The van der Waals surface area contributed by atoms with Crippen molar-refractivity contribution < 1.29 is 9.59 Å². The highest BCUT2D eigenvalue weighted by Crippen LogP contribution is 2.26. The van der Waals surface area contributed by atoms with Gasteiger partial charge in [-0.05, 0) is 51.1 Å². The maximum Gasteiger partial charge on any atom is 0.253 e. The third kappa shape index (κ3) is 2.94. The topological polar surface area (TPSA) is 58.4 Å². The normalized spacial score (nSPS) is 18.1. The summed E-state index contributed by atoms with van der Waals surface area (Å²) in [6, 6.07) is 7.58. The predicted molar refractivity (Wildman–Crippen MR) is 99.0 cm³/mol. The molecule has 2 aliphatic rings. The quantitative estimate of drug-likeness (QED) is 0.830. The Balaban J connectivity index is 1.58. The van der Waals surface area contributed by atoms with Crippen LogP contribution in [-0.4, -0.2) is 64.5 Å². The summed E-state index contributed by atoms with van der Waals surface area (Å²) in [6.07, 6.45) is 2.35. The van der Waals surface area contributed by atoms with Crippen molar-refractivity contribution in [2.24, 2.45) is 0 Å². The molecular weight excluding hydrogens is 328 g/mol. The Morgan fingerprint density at radius 2 is 1.73 bits per heavy atom. The second-order valence-corrected chi connectivity index (χ2v) is 7.24. The van der Waals surface area contributed by atoms with Gasteiger partial charge in [0, 0.05) is 38.2 Å². The molecule has 1 amide bonds. The molecule has 0 spiro atoms. The lowest BCUT2D eigenvalue weighted by Crippen LogP contribution is -2.47. The molecule has 2 aromatic rings. The molecule has 1 aliphatic heterocycles. The van der Waals surface area contributed by atoms with Crippen molar-refractivity contribution in [2.75, 3.05) is 33.2 Å². The standard InChI is InChI=1S/C20H24N4O2/c1-14-19-17(4-3-5-18(19)25)24(21-14)16-8-6-15(7-9-16)20(26)23-12-10-22(2)11-13-23/h6-9H,3-5,10-13H2,1-2H3. The molecule has 2 heterocycles. The molecular formula is C20H24N4O2. The van der Waals surface area contributed by atoms with Gasteiger partial charge >= 0.3 is 0 Å². The Kier molecular flexibility index (Phi) is 4.36. The molecule has 1 aromatic carbocycles. The largest absolute Gasteiger partial charge is 0.336 e. The molecule has 0 atom stereocenters. The molecule has 1 saturated heterocycles. The van der Waals surface area contributed by atoms with Crippen molar-refractivity contribution in [1.82, 2.24) is 19.6 Å². The zero-order valence-corrected chi connectivity index (χ0v) is 15.4. The van der Waals surface area contributed by atoms with Gasteiger partial charge in [0.2, 0.25) is 0 Å². The lowest BCUT2D eigenvalue weighted by atomic mass is 9.94. The SMILES string of the molecule is Cc1nn(-c2ccc(C(=O)N3CCN(C)CC3)cc2)c2c1C(=O)CCC2. The lowest BCUT2D eigenvalue weighted by molar-refractivity contribution is 0.0664. The average Bonchev–Trinajstić information content (AvgIpc) is 3.00. The summed E-state index contributed by atoms with van der Waals surface area (Å²) in [6.45, 7) is 5.26. The number of Topliss-reactive ketones (excluding diaryl/α,β-unsaturated/α-hetero) is 1. The van der Waals surface area contributed by atoms with Gasteiger partial charge < -0.3 is 9.80 Å². The molecule has 0 N–H and O–H groups in total. The van der Waals surface area contributed by atoms with E-state index >= 15 is 0 Å². The van der Waals surface area contributed by atoms with E-state index in [1.54, 1.807) is 0 Å². The third-order valence-corrected chi connectivity index (χ3v) is 5.40. The van der Waals surface area contributed by atoms with Crippen molar-refractivity contribution in [2.45, 2.75) is 26.2 Å². The Hall–Kier alpha value is -2.47. The molecule has 1 aliphatic carbocycles. The number of hydrogen-bond donors (Lipinski definition) is 0. The zero-order valence-electron chi connectivity index (χ0n) is 15.4. The number of nitrogens with zero attached hydrogens (tertiary/aromatic N) is 4. The van der Waals surface area contributed by atoms with E-state index in [0.717, 1.165) is 61.7 Å². The van der Waals surface area contributed by atoms with E-state index in [-0.39, 0.29) is 11.7 Å². The summed E-state index contributed by atoms with van der Waals surface area (Å²) in [5.41, 5.74) is 4.18. The van der Waals surface area contributed by atoms with Gasteiger partial charge in [0.15, 0.2) is 5.78 Å². The maximum atomic E-state index is 12.7. The fraction of sp³-hybridized carbons (Fsp3) is 0.450. The van der Waals surface area contributed by atoms with E-state index in [1.807, 2.05) is 40.8 Å². The van der Waals surface area contributed by atoms with Crippen molar-refractivity contribution in [3.63, 3.8) is 0 Å². The fourth-order valence-corrected chi connectivity index (χ4v) is 3.86. The van der Waals surface area contributed by atoms with Gasteiger partial charge in [-0.25, -0.2) is 4.68 Å². The third-order valence-electron chi connectivity index (χ3n) is 5.40. The van der Waals surface area contributed by atoms with Gasteiger partial charge in [-0.15, -0.1) is 0 Å². The van der Waals surface area contributed by atoms with Crippen molar-refractivity contribution in [3.05, 3.63) is 46.8 Å². The van der Waals surface area contributed by atoms with Crippen LogP contribution in [0.3, 0.4) is 0 Å². The highest BCUT2D eigenvalue weighted by atomic mass is 16.2. The molecule has 0 unspecified atom stereocenters. The number of rotatable bonds is 2. The number of piperazine rings is 1. The maximum absolute atomic E-state index is 12.7. The van der Waals surface area contributed by atoms with Crippen LogP contribution >= 0.6 is 0 Å². The number of fused-ring (bicyclic) bond motifs is 1. The predicted octanol–water partition coefficient (Wildman–Crippen LogP) is 2.09. The number of carbonyl (C=O) groups is 2. The first-order chi connectivity index (χ1) is 12.5. The first kappa shape index (κ1) is 17.0. The number of aryl methyl sites for hydroxylation is 1.